The smallest absolute Gasteiger partial charge is 0.408 e. The number of rotatable bonds is 4. The van der Waals surface area contributed by atoms with E-state index in [0.29, 0.717) is 0 Å². The van der Waals surface area contributed by atoms with Gasteiger partial charge in [-0.25, -0.2) is 4.79 Å². The first-order valence-electron chi connectivity index (χ1n) is 5.42. The maximum atomic E-state index is 11.5. The van der Waals surface area contributed by atoms with Gasteiger partial charge in [0.2, 0.25) is 0 Å². The Morgan fingerprint density at radius 2 is 1.76 bits per heavy atom. The molecule has 0 saturated carbocycles. The molecule has 0 aromatic rings. The normalized spacial score (nSPS) is 14.0. The number of hydrogen-bond acceptors (Lipinski definition) is 4. The average molecular weight is 246 g/mol. The molecule has 0 aliphatic rings. The molecule has 6 nitrogen and oxygen atoms in total. The van der Waals surface area contributed by atoms with Gasteiger partial charge in [-0.15, -0.1) is 0 Å². The van der Waals surface area contributed by atoms with Crippen LogP contribution >= 0.6 is 0 Å². The number of hydrogen-bond donors (Lipinski definition) is 3. The monoisotopic (exact) mass is 246 g/mol. The fourth-order valence-corrected chi connectivity index (χ4v) is 1.10. The summed E-state index contributed by atoms with van der Waals surface area (Å²) in [6, 6.07) is -0.687. The Morgan fingerprint density at radius 1 is 1.29 bits per heavy atom. The topological polar surface area (TPSA) is 102 Å². The number of aliphatic carboxylic acids is 1. The first-order valence-corrected chi connectivity index (χ1v) is 5.42. The molecule has 1 amide bonds. The number of nitrogens with two attached hydrogens (primary N) is 1. The second-order valence-electron chi connectivity index (χ2n) is 5.55. The minimum atomic E-state index is -1.00. The number of carbonyl (C=O) groups excluding carboxylic acids is 1. The van der Waals surface area contributed by atoms with Gasteiger partial charge >= 0.3 is 12.1 Å². The van der Waals surface area contributed by atoms with Crippen molar-refractivity contribution in [2.24, 2.45) is 5.73 Å². The minimum absolute atomic E-state index is 0.219. The molecule has 0 aromatic carbocycles. The third-order valence-electron chi connectivity index (χ3n) is 2.14. The van der Waals surface area contributed by atoms with Crippen molar-refractivity contribution >= 4 is 12.1 Å². The van der Waals surface area contributed by atoms with Gasteiger partial charge in [0.25, 0.3) is 0 Å². The number of carbonyl (C=O) groups is 2. The Labute approximate surface area is 102 Å². The molecule has 0 aromatic heterocycles. The van der Waals surface area contributed by atoms with Crippen molar-refractivity contribution in [3.63, 3.8) is 0 Å². The average Bonchev–Trinajstić information content (AvgIpc) is 1.96. The van der Waals surface area contributed by atoms with Crippen LogP contribution in [0.1, 0.15) is 41.0 Å². The summed E-state index contributed by atoms with van der Waals surface area (Å²) < 4.78 is 5.08. The van der Waals surface area contributed by atoms with Crippen LogP contribution in [0.4, 0.5) is 4.79 Å². The first kappa shape index (κ1) is 15.7. The first-order chi connectivity index (χ1) is 7.44. The molecule has 0 radical (unpaired) electrons. The van der Waals surface area contributed by atoms with Crippen LogP contribution < -0.4 is 11.1 Å². The van der Waals surface area contributed by atoms with Crippen LogP contribution in [-0.4, -0.2) is 34.4 Å². The maximum absolute atomic E-state index is 11.5. The van der Waals surface area contributed by atoms with E-state index in [1.807, 2.05) is 0 Å². The molecule has 4 N–H and O–H groups in total. The molecule has 100 valence electrons. The van der Waals surface area contributed by atoms with E-state index in [4.69, 9.17) is 15.6 Å². The lowest BCUT2D eigenvalue weighted by Gasteiger charge is -2.32. The second kappa shape index (κ2) is 5.35. The van der Waals surface area contributed by atoms with Crippen molar-refractivity contribution in [3.8, 4) is 0 Å². The van der Waals surface area contributed by atoms with Gasteiger partial charge in [0.15, 0.2) is 0 Å². The summed E-state index contributed by atoms with van der Waals surface area (Å²) in [5.41, 5.74) is 4.27. The van der Waals surface area contributed by atoms with Crippen LogP contribution in [-0.2, 0) is 9.53 Å². The molecular weight excluding hydrogens is 224 g/mol. The van der Waals surface area contributed by atoms with E-state index in [1.54, 1.807) is 34.6 Å². The van der Waals surface area contributed by atoms with E-state index in [2.05, 4.69) is 5.32 Å². The molecule has 0 heterocycles. The van der Waals surface area contributed by atoms with E-state index < -0.39 is 29.2 Å². The summed E-state index contributed by atoms with van der Waals surface area (Å²) in [6.07, 6.45) is -0.827. The Balaban J connectivity index is 4.43. The fraction of sp³-hybridized carbons (Fsp3) is 0.818. The molecular formula is C11H22N2O4. The zero-order valence-corrected chi connectivity index (χ0v) is 11.0. The van der Waals surface area contributed by atoms with Gasteiger partial charge in [-0.3, -0.25) is 4.79 Å². The van der Waals surface area contributed by atoms with Gasteiger partial charge in [0, 0.05) is 6.04 Å². The number of nitrogens with one attached hydrogen (secondary N) is 1. The van der Waals surface area contributed by atoms with Crippen molar-refractivity contribution in [2.45, 2.75) is 58.2 Å². The van der Waals surface area contributed by atoms with Crippen LogP contribution in [0.2, 0.25) is 0 Å². The molecule has 0 spiro atoms. The van der Waals surface area contributed by atoms with Gasteiger partial charge in [0.05, 0.1) is 12.0 Å². The van der Waals surface area contributed by atoms with Gasteiger partial charge in [-0.1, -0.05) is 0 Å². The number of carboxylic acid groups (broad SMARTS) is 1. The van der Waals surface area contributed by atoms with Gasteiger partial charge < -0.3 is 20.9 Å². The molecule has 6 heteroatoms. The van der Waals surface area contributed by atoms with E-state index in [-0.39, 0.29) is 6.42 Å². The van der Waals surface area contributed by atoms with E-state index >= 15 is 0 Å². The molecule has 17 heavy (non-hydrogen) atoms. The SMILES string of the molecule is CC(C)(C)OC(=O)NC(C)(C)C(N)CC(=O)O. The molecule has 0 rings (SSSR count). The highest BCUT2D eigenvalue weighted by atomic mass is 16.6. The van der Waals surface area contributed by atoms with E-state index in [0.717, 1.165) is 0 Å². The Kier molecular flexibility index (Phi) is 4.94. The molecule has 0 aliphatic heterocycles. The zero-order chi connectivity index (χ0) is 13.9. The molecule has 0 saturated heterocycles. The van der Waals surface area contributed by atoms with Crippen LogP contribution in [0.3, 0.4) is 0 Å². The minimum Gasteiger partial charge on any atom is -0.481 e. The summed E-state index contributed by atoms with van der Waals surface area (Å²) in [4.78, 5) is 22.1. The standard InChI is InChI=1S/C11H22N2O4/c1-10(2,3)17-9(16)13-11(4,5)7(12)6-8(14)15/h7H,6,12H2,1-5H3,(H,13,16)(H,14,15). The number of carboxylic acids is 1. The lowest BCUT2D eigenvalue weighted by atomic mass is 9.93. The van der Waals surface area contributed by atoms with Crippen molar-refractivity contribution < 1.29 is 19.4 Å². The van der Waals surface area contributed by atoms with Crippen LogP contribution in [0.25, 0.3) is 0 Å². The van der Waals surface area contributed by atoms with Crippen molar-refractivity contribution in [1.82, 2.24) is 5.32 Å². The van der Waals surface area contributed by atoms with Crippen LogP contribution in [0.15, 0.2) is 0 Å². The number of amides is 1. The summed E-state index contributed by atoms with van der Waals surface area (Å²) in [5, 5.41) is 11.2. The number of alkyl carbamates (subject to hydrolysis) is 1. The summed E-state index contributed by atoms with van der Waals surface area (Å²) >= 11 is 0. The van der Waals surface area contributed by atoms with Crippen LogP contribution in [0, 0.1) is 0 Å². The van der Waals surface area contributed by atoms with Crippen molar-refractivity contribution in [3.05, 3.63) is 0 Å². The predicted molar refractivity (Wildman–Crippen MR) is 63.7 cm³/mol. The lowest BCUT2D eigenvalue weighted by Crippen LogP contribution is -2.57. The predicted octanol–water partition coefficient (Wildman–Crippen LogP) is 1.09. The third-order valence-corrected chi connectivity index (χ3v) is 2.14. The largest absolute Gasteiger partial charge is 0.481 e. The highest BCUT2D eigenvalue weighted by Gasteiger charge is 2.31. The van der Waals surface area contributed by atoms with Crippen molar-refractivity contribution in [1.29, 1.82) is 0 Å². The van der Waals surface area contributed by atoms with Crippen LogP contribution in [0.5, 0.6) is 0 Å². The van der Waals surface area contributed by atoms with Gasteiger partial charge in [-0.05, 0) is 34.6 Å². The van der Waals surface area contributed by atoms with Gasteiger partial charge in [-0.2, -0.15) is 0 Å². The number of ether oxygens (including phenoxy) is 1. The second-order valence-corrected chi connectivity index (χ2v) is 5.55. The molecule has 1 unspecified atom stereocenters. The Morgan fingerprint density at radius 3 is 2.12 bits per heavy atom. The highest BCUT2D eigenvalue weighted by molar-refractivity contribution is 5.70. The Hall–Kier alpha value is -1.30. The van der Waals surface area contributed by atoms with Gasteiger partial charge in [0.1, 0.15) is 5.60 Å². The highest BCUT2D eigenvalue weighted by Crippen LogP contribution is 2.13. The summed E-state index contributed by atoms with van der Waals surface area (Å²) in [5.74, 6) is -1.00. The molecule has 0 aliphatic carbocycles. The Bertz CT molecular complexity index is 294. The molecule has 0 bridgehead atoms. The summed E-state index contributed by atoms with van der Waals surface area (Å²) in [7, 11) is 0. The fourth-order valence-electron chi connectivity index (χ4n) is 1.10. The third kappa shape index (κ3) is 6.78. The van der Waals surface area contributed by atoms with E-state index in [9.17, 15) is 9.59 Å². The van der Waals surface area contributed by atoms with Crippen molar-refractivity contribution in [2.75, 3.05) is 0 Å². The zero-order valence-electron chi connectivity index (χ0n) is 11.0. The lowest BCUT2D eigenvalue weighted by molar-refractivity contribution is -0.137. The maximum Gasteiger partial charge on any atom is 0.408 e. The summed E-state index contributed by atoms with van der Waals surface area (Å²) in [6.45, 7) is 8.55. The quantitative estimate of drug-likeness (QED) is 0.689. The molecule has 0 fully saturated rings. The van der Waals surface area contributed by atoms with E-state index in [1.165, 1.54) is 0 Å². The molecule has 1 atom stereocenters.